The van der Waals surface area contributed by atoms with Crippen molar-refractivity contribution in [2.45, 2.75) is 37.1 Å². The van der Waals surface area contributed by atoms with Gasteiger partial charge >= 0.3 is 0 Å². The van der Waals surface area contributed by atoms with Crippen LogP contribution in [-0.2, 0) is 5.41 Å². The Morgan fingerprint density at radius 3 is 2.69 bits per heavy atom. The summed E-state index contributed by atoms with van der Waals surface area (Å²) in [5.74, 6) is 1.05. The van der Waals surface area contributed by atoms with E-state index < -0.39 is 0 Å². The molecular formula is C14H19NO. The fourth-order valence-corrected chi connectivity index (χ4v) is 2.40. The van der Waals surface area contributed by atoms with Crippen molar-refractivity contribution in [2.75, 3.05) is 13.7 Å². The fraction of sp³-hybridized carbons (Fsp3) is 0.571. The van der Waals surface area contributed by atoms with Gasteiger partial charge in [-0.25, -0.2) is 0 Å². The highest BCUT2D eigenvalue weighted by Crippen LogP contribution is 2.51. The highest BCUT2D eigenvalue weighted by atomic mass is 16.5. The lowest BCUT2D eigenvalue weighted by atomic mass is 9.95. The van der Waals surface area contributed by atoms with Crippen LogP contribution in [0.25, 0.3) is 0 Å². The molecule has 2 nitrogen and oxygen atoms in total. The van der Waals surface area contributed by atoms with Crippen LogP contribution in [0.1, 0.15) is 31.2 Å². The summed E-state index contributed by atoms with van der Waals surface area (Å²) in [6.45, 7) is 1.12. The van der Waals surface area contributed by atoms with Crippen LogP contribution in [0.2, 0.25) is 0 Å². The molecule has 0 aliphatic heterocycles. The average molecular weight is 217 g/mol. The first-order chi connectivity index (χ1) is 7.84. The number of benzene rings is 1. The van der Waals surface area contributed by atoms with Crippen LogP contribution >= 0.6 is 0 Å². The third-order valence-corrected chi connectivity index (χ3v) is 3.84. The first-order valence-electron chi connectivity index (χ1n) is 6.21. The van der Waals surface area contributed by atoms with E-state index in [1.165, 1.54) is 31.2 Å². The Labute approximate surface area is 97.0 Å². The zero-order chi connectivity index (χ0) is 11.0. The molecule has 0 saturated heterocycles. The number of para-hydroxylation sites is 1. The van der Waals surface area contributed by atoms with Gasteiger partial charge in [0, 0.05) is 23.6 Å². The molecule has 2 aliphatic rings. The standard InChI is InChI=1S/C14H19NO/c1-16-13-5-3-2-4-12(13)14(8-9-14)10-15-11-6-7-11/h2-5,11,15H,6-10H2,1H3. The molecule has 0 amide bonds. The third-order valence-electron chi connectivity index (χ3n) is 3.84. The Kier molecular flexibility index (Phi) is 2.40. The minimum atomic E-state index is 0.370. The lowest BCUT2D eigenvalue weighted by Crippen LogP contribution is -2.28. The van der Waals surface area contributed by atoms with Crippen molar-refractivity contribution in [3.05, 3.63) is 29.8 Å². The van der Waals surface area contributed by atoms with Gasteiger partial charge < -0.3 is 10.1 Å². The van der Waals surface area contributed by atoms with Gasteiger partial charge in [-0.3, -0.25) is 0 Å². The first-order valence-corrected chi connectivity index (χ1v) is 6.21. The highest BCUT2D eigenvalue weighted by Gasteiger charge is 2.46. The molecular weight excluding hydrogens is 198 g/mol. The predicted molar refractivity (Wildman–Crippen MR) is 64.9 cm³/mol. The maximum absolute atomic E-state index is 5.47. The van der Waals surface area contributed by atoms with Gasteiger partial charge in [-0.05, 0) is 31.7 Å². The topological polar surface area (TPSA) is 21.3 Å². The van der Waals surface area contributed by atoms with Crippen molar-refractivity contribution >= 4 is 0 Å². The second-order valence-electron chi connectivity index (χ2n) is 5.14. The minimum absolute atomic E-state index is 0.370. The zero-order valence-electron chi connectivity index (χ0n) is 9.83. The summed E-state index contributed by atoms with van der Waals surface area (Å²) < 4.78 is 5.47. The molecule has 86 valence electrons. The number of methoxy groups -OCH3 is 1. The van der Waals surface area contributed by atoms with Gasteiger partial charge in [0.1, 0.15) is 5.75 Å². The molecule has 0 bridgehead atoms. The molecule has 0 unspecified atom stereocenters. The average Bonchev–Trinajstić information content (AvgIpc) is 3.20. The van der Waals surface area contributed by atoms with Gasteiger partial charge in [0.05, 0.1) is 7.11 Å². The SMILES string of the molecule is COc1ccccc1C1(CNC2CC2)CC1. The largest absolute Gasteiger partial charge is 0.496 e. The third kappa shape index (κ3) is 1.82. The Morgan fingerprint density at radius 1 is 1.31 bits per heavy atom. The Hall–Kier alpha value is -1.02. The normalized spacial score (nSPS) is 21.8. The van der Waals surface area contributed by atoms with E-state index in [1.807, 2.05) is 6.07 Å². The van der Waals surface area contributed by atoms with Crippen LogP contribution in [0.15, 0.2) is 24.3 Å². The monoisotopic (exact) mass is 217 g/mol. The number of hydrogen-bond donors (Lipinski definition) is 1. The second kappa shape index (κ2) is 3.77. The quantitative estimate of drug-likeness (QED) is 0.818. The maximum atomic E-state index is 5.47. The molecule has 3 rings (SSSR count). The van der Waals surface area contributed by atoms with Crippen LogP contribution in [0.4, 0.5) is 0 Å². The lowest BCUT2D eigenvalue weighted by molar-refractivity contribution is 0.401. The van der Waals surface area contributed by atoms with E-state index in [1.54, 1.807) is 7.11 Å². The molecule has 1 aromatic rings. The predicted octanol–water partition coefficient (Wildman–Crippen LogP) is 2.48. The zero-order valence-corrected chi connectivity index (χ0v) is 9.83. The van der Waals surface area contributed by atoms with Crippen LogP contribution in [0.3, 0.4) is 0 Å². The molecule has 0 spiro atoms. The van der Waals surface area contributed by atoms with Crippen molar-refractivity contribution in [3.8, 4) is 5.75 Å². The summed E-state index contributed by atoms with van der Waals surface area (Å²) in [6.07, 6.45) is 5.32. The number of ether oxygens (including phenoxy) is 1. The Bertz CT molecular complexity index is 380. The van der Waals surface area contributed by atoms with E-state index in [2.05, 4.69) is 23.5 Å². The number of nitrogens with one attached hydrogen (secondary N) is 1. The molecule has 0 aromatic heterocycles. The van der Waals surface area contributed by atoms with Crippen LogP contribution in [0.5, 0.6) is 5.75 Å². The van der Waals surface area contributed by atoms with Crippen LogP contribution in [-0.4, -0.2) is 19.7 Å². The molecule has 0 atom stereocenters. The summed E-state index contributed by atoms with van der Waals surface area (Å²) in [5, 5.41) is 3.65. The van der Waals surface area contributed by atoms with Gasteiger partial charge in [0.15, 0.2) is 0 Å². The van der Waals surface area contributed by atoms with E-state index in [-0.39, 0.29) is 0 Å². The summed E-state index contributed by atoms with van der Waals surface area (Å²) in [6, 6.07) is 9.27. The number of rotatable bonds is 5. The molecule has 16 heavy (non-hydrogen) atoms. The van der Waals surface area contributed by atoms with Crippen molar-refractivity contribution in [3.63, 3.8) is 0 Å². The molecule has 1 N–H and O–H groups in total. The van der Waals surface area contributed by atoms with Crippen molar-refractivity contribution in [1.29, 1.82) is 0 Å². The van der Waals surface area contributed by atoms with E-state index in [9.17, 15) is 0 Å². The lowest BCUT2D eigenvalue weighted by Gasteiger charge is -2.19. The van der Waals surface area contributed by atoms with Crippen molar-refractivity contribution < 1.29 is 4.74 Å². The molecule has 2 heteroatoms. The second-order valence-corrected chi connectivity index (χ2v) is 5.14. The summed E-state index contributed by atoms with van der Waals surface area (Å²) in [4.78, 5) is 0. The van der Waals surface area contributed by atoms with E-state index in [0.29, 0.717) is 5.41 Å². The van der Waals surface area contributed by atoms with Gasteiger partial charge in [-0.15, -0.1) is 0 Å². The fourth-order valence-electron chi connectivity index (χ4n) is 2.40. The smallest absolute Gasteiger partial charge is 0.122 e. The number of hydrogen-bond acceptors (Lipinski definition) is 2. The Morgan fingerprint density at radius 2 is 2.06 bits per heavy atom. The highest BCUT2D eigenvalue weighted by molar-refractivity contribution is 5.43. The van der Waals surface area contributed by atoms with E-state index in [4.69, 9.17) is 4.74 Å². The van der Waals surface area contributed by atoms with E-state index in [0.717, 1.165) is 18.3 Å². The van der Waals surface area contributed by atoms with Crippen molar-refractivity contribution in [2.24, 2.45) is 0 Å². The molecule has 1 aromatic carbocycles. The summed E-state index contributed by atoms with van der Waals surface area (Å²) in [7, 11) is 1.77. The summed E-state index contributed by atoms with van der Waals surface area (Å²) >= 11 is 0. The molecule has 2 fully saturated rings. The molecule has 2 saturated carbocycles. The van der Waals surface area contributed by atoms with Gasteiger partial charge in [0.25, 0.3) is 0 Å². The summed E-state index contributed by atoms with van der Waals surface area (Å²) in [5.41, 5.74) is 1.76. The van der Waals surface area contributed by atoms with E-state index >= 15 is 0 Å². The maximum Gasteiger partial charge on any atom is 0.122 e. The van der Waals surface area contributed by atoms with Gasteiger partial charge in [-0.2, -0.15) is 0 Å². The Balaban J connectivity index is 1.78. The van der Waals surface area contributed by atoms with Crippen LogP contribution in [0, 0.1) is 0 Å². The van der Waals surface area contributed by atoms with Crippen molar-refractivity contribution in [1.82, 2.24) is 5.32 Å². The molecule has 2 aliphatic carbocycles. The van der Waals surface area contributed by atoms with Gasteiger partial charge in [0.2, 0.25) is 0 Å². The minimum Gasteiger partial charge on any atom is -0.496 e. The molecule has 0 heterocycles. The van der Waals surface area contributed by atoms with Crippen LogP contribution < -0.4 is 10.1 Å². The first kappa shape index (κ1) is 10.2. The van der Waals surface area contributed by atoms with Gasteiger partial charge in [-0.1, -0.05) is 18.2 Å². The molecule has 0 radical (unpaired) electrons.